The highest BCUT2D eigenvalue weighted by atomic mass is 35.5. The number of para-hydroxylation sites is 1. The average Bonchev–Trinajstić information content (AvgIpc) is 2.67. The molecule has 1 atom stereocenters. The van der Waals surface area contributed by atoms with Gasteiger partial charge in [-0.15, -0.1) is 0 Å². The number of rotatable bonds is 6. The van der Waals surface area contributed by atoms with Crippen molar-refractivity contribution in [1.82, 2.24) is 0 Å². The maximum atomic E-state index is 12.7. The zero-order chi connectivity index (χ0) is 20.1. The van der Waals surface area contributed by atoms with Crippen molar-refractivity contribution in [2.75, 3.05) is 5.32 Å². The Hall–Kier alpha value is -2.98. The fraction of sp³-hybridized carbons (Fsp3) is 0.174. The maximum Gasteiger partial charge on any atom is 0.265 e. The summed E-state index contributed by atoms with van der Waals surface area (Å²) < 4.78 is 11.7. The first-order valence-corrected chi connectivity index (χ1v) is 9.37. The number of benzene rings is 3. The van der Waals surface area contributed by atoms with Gasteiger partial charge in [0, 0.05) is 5.02 Å². The zero-order valence-electron chi connectivity index (χ0n) is 16.0. The smallest absolute Gasteiger partial charge is 0.265 e. The van der Waals surface area contributed by atoms with Crippen LogP contribution >= 0.6 is 11.6 Å². The van der Waals surface area contributed by atoms with Crippen LogP contribution in [0.3, 0.4) is 0 Å². The minimum atomic E-state index is -0.691. The second-order valence-electron chi connectivity index (χ2n) is 6.57. The number of carbonyl (C=O) groups excluding carboxylic acids is 1. The number of ether oxygens (including phenoxy) is 2. The summed E-state index contributed by atoms with van der Waals surface area (Å²) in [6, 6.07) is 20.3. The van der Waals surface area contributed by atoms with Crippen LogP contribution in [0.1, 0.15) is 18.1 Å². The number of carbonyl (C=O) groups is 1. The lowest BCUT2D eigenvalue weighted by Crippen LogP contribution is -2.30. The van der Waals surface area contributed by atoms with Crippen molar-refractivity contribution < 1.29 is 14.3 Å². The Balaban J connectivity index is 1.75. The van der Waals surface area contributed by atoms with E-state index in [2.05, 4.69) is 5.32 Å². The molecule has 5 heteroatoms. The van der Waals surface area contributed by atoms with Gasteiger partial charge < -0.3 is 14.8 Å². The van der Waals surface area contributed by atoms with Crippen molar-refractivity contribution in [3.63, 3.8) is 0 Å². The molecule has 0 aliphatic heterocycles. The van der Waals surface area contributed by atoms with Crippen LogP contribution in [0.5, 0.6) is 17.2 Å². The van der Waals surface area contributed by atoms with Crippen LogP contribution in [0, 0.1) is 13.8 Å². The zero-order valence-corrected chi connectivity index (χ0v) is 16.8. The summed E-state index contributed by atoms with van der Waals surface area (Å²) in [5, 5.41) is 3.35. The second-order valence-corrected chi connectivity index (χ2v) is 7.01. The Morgan fingerprint density at radius 3 is 2.46 bits per heavy atom. The Morgan fingerprint density at radius 2 is 1.71 bits per heavy atom. The first kappa shape index (κ1) is 19.8. The summed E-state index contributed by atoms with van der Waals surface area (Å²) in [6.45, 7) is 5.64. The molecule has 0 aliphatic carbocycles. The van der Waals surface area contributed by atoms with Gasteiger partial charge >= 0.3 is 0 Å². The molecule has 0 radical (unpaired) electrons. The van der Waals surface area contributed by atoms with Gasteiger partial charge in [0.05, 0.1) is 5.69 Å². The second kappa shape index (κ2) is 8.81. The fourth-order valence-electron chi connectivity index (χ4n) is 2.62. The van der Waals surface area contributed by atoms with E-state index in [1.165, 1.54) is 0 Å². The van der Waals surface area contributed by atoms with E-state index in [1.54, 1.807) is 25.1 Å². The molecule has 0 unspecified atom stereocenters. The molecule has 0 saturated heterocycles. The molecule has 144 valence electrons. The number of hydrogen-bond donors (Lipinski definition) is 1. The van der Waals surface area contributed by atoms with Gasteiger partial charge in [-0.2, -0.15) is 0 Å². The predicted octanol–water partition coefficient (Wildman–Crippen LogP) is 6.16. The van der Waals surface area contributed by atoms with E-state index >= 15 is 0 Å². The third-order valence-corrected chi connectivity index (χ3v) is 4.42. The van der Waals surface area contributed by atoms with Crippen molar-refractivity contribution in [3.05, 3.63) is 82.9 Å². The van der Waals surface area contributed by atoms with Crippen molar-refractivity contribution in [3.8, 4) is 17.2 Å². The van der Waals surface area contributed by atoms with Crippen LogP contribution in [-0.2, 0) is 4.79 Å². The molecule has 0 heterocycles. The molecule has 0 spiro atoms. The average molecular weight is 396 g/mol. The number of amides is 1. The Morgan fingerprint density at radius 1 is 0.964 bits per heavy atom. The quantitative estimate of drug-likeness (QED) is 0.544. The van der Waals surface area contributed by atoms with Gasteiger partial charge in [0.1, 0.15) is 11.5 Å². The van der Waals surface area contributed by atoms with Gasteiger partial charge in [0.15, 0.2) is 11.9 Å². The summed E-state index contributed by atoms with van der Waals surface area (Å²) in [7, 11) is 0. The lowest BCUT2D eigenvalue weighted by Gasteiger charge is -2.18. The van der Waals surface area contributed by atoms with Crippen LogP contribution in [0.4, 0.5) is 5.69 Å². The van der Waals surface area contributed by atoms with Crippen molar-refractivity contribution in [2.45, 2.75) is 26.9 Å². The summed E-state index contributed by atoms with van der Waals surface area (Å²) >= 11 is 6.11. The van der Waals surface area contributed by atoms with Gasteiger partial charge in [0.2, 0.25) is 0 Å². The third-order valence-electron chi connectivity index (χ3n) is 4.19. The molecular weight excluding hydrogens is 374 g/mol. The highest BCUT2D eigenvalue weighted by Crippen LogP contribution is 2.32. The summed E-state index contributed by atoms with van der Waals surface area (Å²) in [6.07, 6.45) is -0.691. The number of halogens is 1. The Kier molecular flexibility index (Phi) is 6.22. The summed E-state index contributed by atoms with van der Waals surface area (Å²) in [4.78, 5) is 12.7. The van der Waals surface area contributed by atoms with Gasteiger partial charge in [-0.25, -0.2) is 0 Å². The van der Waals surface area contributed by atoms with E-state index in [4.69, 9.17) is 21.1 Å². The van der Waals surface area contributed by atoms with Crippen LogP contribution in [-0.4, -0.2) is 12.0 Å². The maximum absolute atomic E-state index is 12.7. The molecule has 0 bridgehead atoms. The van der Waals surface area contributed by atoms with Crippen LogP contribution in [0.15, 0.2) is 66.7 Å². The van der Waals surface area contributed by atoms with Crippen molar-refractivity contribution >= 4 is 23.2 Å². The van der Waals surface area contributed by atoms with E-state index < -0.39 is 6.10 Å². The summed E-state index contributed by atoms with van der Waals surface area (Å²) in [5.41, 5.74) is 2.53. The number of aryl methyl sites for hydroxylation is 2. The Bertz CT molecular complexity index is 973. The number of anilines is 1. The molecule has 4 nitrogen and oxygen atoms in total. The molecule has 1 amide bonds. The molecule has 3 aromatic rings. The number of hydrogen-bond acceptors (Lipinski definition) is 3. The van der Waals surface area contributed by atoms with Crippen molar-refractivity contribution in [2.24, 2.45) is 0 Å². The predicted molar refractivity (Wildman–Crippen MR) is 113 cm³/mol. The van der Waals surface area contributed by atoms with E-state index in [1.807, 2.05) is 62.4 Å². The van der Waals surface area contributed by atoms with Crippen LogP contribution in [0.25, 0.3) is 0 Å². The van der Waals surface area contributed by atoms with E-state index in [0.29, 0.717) is 28.0 Å². The van der Waals surface area contributed by atoms with E-state index in [0.717, 1.165) is 11.1 Å². The molecule has 3 aromatic carbocycles. The van der Waals surface area contributed by atoms with E-state index in [-0.39, 0.29) is 5.91 Å². The molecule has 1 N–H and O–H groups in total. The lowest BCUT2D eigenvalue weighted by atomic mass is 10.1. The van der Waals surface area contributed by atoms with Gasteiger partial charge in [-0.05, 0) is 68.3 Å². The normalized spacial score (nSPS) is 11.6. The molecule has 0 aromatic heterocycles. The van der Waals surface area contributed by atoms with Gasteiger partial charge in [-0.1, -0.05) is 41.9 Å². The molecule has 3 rings (SSSR count). The minimum absolute atomic E-state index is 0.291. The first-order valence-electron chi connectivity index (χ1n) is 8.99. The van der Waals surface area contributed by atoms with Crippen LogP contribution in [0.2, 0.25) is 5.02 Å². The standard InChI is InChI=1S/C23H22ClNO3/c1-15-9-10-16(2)22(13-15)27-17(3)23(26)25-20-14-18(24)11-12-21(20)28-19-7-5-4-6-8-19/h4-14,17H,1-3H3,(H,25,26)/t17-/m0/s1. The minimum Gasteiger partial charge on any atom is -0.481 e. The molecule has 0 aliphatic rings. The monoisotopic (exact) mass is 395 g/mol. The fourth-order valence-corrected chi connectivity index (χ4v) is 2.79. The Labute approximate surface area is 170 Å². The topological polar surface area (TPSA) is 47.6 Å². The van der Waals surface area contributed by atoms with E-state index in [9.17, 15) is 4.79 Å². The molecule has 0 fully saturated rings. The lowest BCUT2D eigenvalue weighted by molar-refractivity contribution is -0.122. The first-order chi connectivity index (χ1) is 13.4. The summed E-state index contributed by atoms with van der Waals surface area (Å²) in [5.74, 6) is 1.57. The largest absolute Gasteiger partial charge is 0.481 e. The van der Waals surface area contributed by atoms with Crippen LogP contribution < -0.4 is 14.8 Å². The number of nitrogens with one attached hydrogen (secondary N) is 1. The SMILES string of the molecule is Cc1ccc(C)c(O[C@@H](C)C(=O)Nc2cc(Cl)ccc2Oc2ccccc2)c1. The molecular formula is C23H22ClNO3. The molecule has 0 saturated carbocycles. The van der Waals surface area contributed by atoms with Gasteiger partial charge in [-0.3, -0.25) is 4.79 Å². The highest BCUT2D eigenvalue weighted by molar-refractivity contribution is 6.31. The highest BCUT2D eigenvalue weighted by Gasteiger charge is 2.18. The van der Waals surface area contributed by atoms with Gasteiger partial charge in [0.25, 0.3) is 5.91 Å². The molecule has 28 heavy (non-hydrogen) atoms. The third kappa shape index (κ3) is 5.05. The van der Waals surface area contributed by atoms with Crippen molar-refractivity contribution in [1.29, 1.82) is 0 Å².